The second-order valence-electron chi connectivity index (χ2n) is 8.69. The van der Waals surface area contributed by atoms with Gasteiger partial charge in [0, 0.05) is 6.00 Å². The molecule has 0 amide bonds. The van der Waals surface area contributed by atoms with Gasteiger partial charge in [-0.05, 0) is 22.2 Å². The summed E-state index contributed by atoms with van der Waals surface area (Å²) in [4.78, 5) is 0. The summed E-state index contributed by atoms with van der Waals surface area (Å²) in [7, 11) is 0.699. The van der Waals surface area contributed by atoms with Crippen molar-refractivity contribution in [3.63, 3.8) is 0 Å². The maximum Gasteiger partial charge on any atom is 0.335 e. The molecular formula is C17H35BO5Si2. The molecule has 0 aromatic rings. The van der Waals surface area contributed by atoms with Crippen molar-refractivity contribution < 1.29 is 22.8 Å². The molecule has 0 aromatic carbocycles. The molecule has 0 bridgehead atoms. The van der Waals surface area contributed by atoms with Crippen molar-refractivity contribution in [2.75, 3.05) is 6.61 Å². The molecule has 0 unspecified atom stereocenters. The molecule has 0 aromatic heterocycles. The topological polar surface area (TPSA) is 57.2 Å². The summed E-state index contributed by atoms with van der Waals surface area (Å²) in [5.74, 6) is 0. The van der Waals surface area contributed by atoms with Crippen molar-refractivity contribution in [2.24, 2.45) is 0 Å². The van der Waals surface area contributed by atoms with E-state index in [1.807, 2.05) is 0 Å². The molecule has 0 spiro atoms. The SMILES string of the molecule is [B][C@@H]1O[C@@H]2CO[Si](C(C)C)(C(C)C)O[Si](C(C)C)(C(C)C)O[C@H]2[C@H]1O. The molecule has 2 heterocycles. The molecule has 0 saturated carbocycles. The van der Waals surface area contributed by atoms with Gasteiger partial charge >= 0.3 is 17.1 Å². The third kappa shape index (κ3) is 3.68. The van der Waals surface area contributed by atoms with Crippen LogP contribution in [0, 0.1) is 0 Å². The van der Waals surface area contributed by atoms with E-state index in [1.165, 1.54) is 0 Å². The van der Waals surface area contributed by atoms with Gasteiger partial charge in [0.15, 0.2) is 0 Å². The minimum absolute atomic E-state index is 0.225. The highest BCUT2D eigenvalue weighted by Gasteiger charge is 2.61. The lowest BCUT2D eigenvalue weighted by Crippen LogP contribution is -2.65. The predicted molar refractivity (Wildman–Crippen MR) is 104 cm³/mol. The Morgan fingerprint density at radius 3 is 1.80 bits per heavy atom. The summed E-state index contributed by atoms with van der Waals surface area (Å²) in [6.07, 6.45) is -1.69. The number of fused-ring (bicyclic) bond motifs is 1. The van der Waals surface area contributed by atoms with Crippen molar-refractivity contribution in [1.82, 2.24) is 0 Å². The van der Waals surface area contributed by atoms with Crippen LogP contribution in [0.3, 0.4) is 0 Å². The Kier molecular flexibility index (Phi) is 6.68. The van der Waals surface area contributed by atoms with E-state index in [1.54, 1.807) is 0 Å². The van der Waals surface area contributed by atoms with E-state index in [4.69, 9.17) is 25.6 Å². The summed E-state index contributed by atoms with van der Waals surface area (Å²) >= 11 is 0. The second kappa shape index (κ2) is 7.73. The number of aliphatic hydroxyl groups is 1. The summed E-state index contributed by atoms with van der Waals surface area (Å²) in [6, 6.07) is -0.739. The zero-order chi connectivity index (χ0) is 19.2. The van der Waals surface area contributed by atoms with Crippen LogP contribution in [0.2, 0.25) is 22.2 Å². The molecule has 0 aliphatic carbocycles. The van der Waals surface area contributed by atoms with E-state index in [0.29, 0.717) is 6.61 Å². The van der Waals surface area contributed by atoms with E-state index in [2.05, 4.69) is 55.4 Å². The highest BCUT2D eigenvalue weighted by atomic mass is 28.5. The highest BCUT2D eigenvalue weighted by Crippen LogP contribution is 2.47. The van der Waals surface area contributed by atoms with Crippen molar-refractivity contribution >= 4 is 25.0 Å². The second-order valence-corrected chi connectivity index (χ2v) is 17.5. The van der Waals surface area contributed by atoms with E-state index < -0.39 is 35.3 Å². The largest absolute Gasteiger partial charge is 0.414 e. The lowest BCUT2D eigenvalue weighted by molar-refractivity contribution is -0.0318. The Morgan fingerprint density at radius 2 is 1.36 bits per heavy atom. The number of rotatable bonds is 4. The third-order valence-corrected chi connectivity index (χ3v) is 16.0. The van der Waals surface area contributed by atoms with Crippen LogP contribution >= 0.6 is 0 Å². The first-order valence-electron chi connectivity index (χ1n) is 9.59. The minimum Gasteiger partial charge on any atom is -0.414 e. The number of hydrogen-bond donors (Lipinski definition) is 1. The fourth-order valence-corrected chi connectivity index (χ4v) is 15.4. The first-order valence-corrected chi connectivity index (χ1v) is 13.5. The maximum atomic E-state index is 10.5. The molecule has 144 valence electrons. The smallest absolute Gasteiger partial charge is 0.335 e. The van der Waals surface area contributed by atoms with Crippen LogP contribution in [0.15, 0.2) is 0 Å². The van der Waals surface area contributed by atoms with Gasteiger partial charge in [0.2, 0.25) is 0 Å². The standard InChI is InChI=1S/C17H35BO5Si2/c1-10(2)24(11(3)4)20-9-14-16(15(19)17(18)21-14)22-25(23-24,12(5)6)13(7)8/h10-17,19H,9H2,1-8H3/t14-,15-,16-,17-/m1/s1. The van der Waals surface area contributed by atoms with E-state index >= 15 is 0 Å². The van der Waals surface area contributed by atoms with Crippen LogP contribution < -0.4 is 0 Å². The average molecular weight is 386 g/mol. The Morgan fingerprint density at radius 1 is 0.880 bits per heavy atom. The van der Waals surface area contributed by atoms with Crippen molar-refractivity contribution in [3.8, 4) is 0 Å². The molecular weight excluding hydrogens is 351 g/mol. The summed E-state index contributed by atoms with van der Waals surface area (Å²) < 4.78 is 26.0. The highest BCUT2D eigenvalue weighted by molar-refractivity contribution is 6.83. The van der Waals surface area contributed by atoms with Crippen LogP contribution in [0.1, 0.15) is 55.4 Å². The molecule has 4 atom stereocenters. The van der Waals surface area contributed by atoms with Gasteiger partial charge in [-0.25, -0.2) is 0 Å². The van der Waals surface area contributed by atoms with Gasteiger partial charge in [-0.3, -0.25) is 0 Å². The summed E-state index contributed by atoms with van der Waals surface area (Å²) in [5.41, 5.74) is 1.03. The first kappa shape index (κ1) is 21.6. The molecule has 2 saturated heterocycles. The predicted octanol–water partition coefficient (Wildman–Crippen LogP) is 3.20. The molecule has 8 heteroatoms. The molecule has 2 radical (unpaired) electrons. The lowest BCUT2D eigenvalue weighted by atomic mass is 9.93. The molecule has 2 fully saturated rings. The van der Waals surface area contributed by atoms with E-state index in [0.717, 1.165) is 0 Å². The molecule has 2 rings (SSSR count). The van der Waals surface area contributed by atoms with Crippen molar-refractivity contribution in [1.29, 1.82) is 0 Å². The number of aliphatic hydroxyl groups excluding tert-OH is 1. The van der Waals surface area contributed by atoms with Gasteiger partial charge < -0.3 is 22.8 Å². The molecule has 25 heavy (non-hydrogen) atoms. The van der Waals surface area contributed by atoms with Crippen LogP contribution in [0.4, 0.5) is 0 Å². The molecule has 5 nitrogen and oxygen atoms in total. The zero-order valence-electron chi connectivity index (χ0n) is 17.0. The monoisotopic (exact) mass is 386 g/mol. The Hall–Kier alpha value is 0.299. The maximum absolute atomic E-state index is 10.5. The molecule has 2 aliphatic heterocycles. The fourth-order valence-electron chi connectivity index (χ4n) is 4.18. The van der Waals surface area contributed by atoms with Crippen molar-refractivity contribution in [2.45, 2.75) is 102 Å². The van der Waals surface area contributed by atoms with Crippen LogP contribution in [0.5, 0.6) is 0 Å². The van der Waals surface area contributed by atoms with Gasteiger partial charge in [-0.2, -0.15) is 0 Å². The van der Waals surface area contributed by atoms with Crippen molar-refractivity contribution in [3.05, 3.63) is 0 Å². The number of hydrogen-bond acceptors (Lipinski definition) is 5. The Labute approximate surface area is 156 Å². The molecule has 1 N–H and O–H groups in total. The van der Waals surface area contributed by atoms with Crippen LogP contribution in [-0.2, 0) is 17.7 Å². The quantitative estimate of drug-likeness (QED) is 0.752. The summed E-state index contributed by atoms with van der Waals surface area (Å²) in [6.45, 7) is 17.7. The summed E-state index contributed by atoms with van der Waals surface area (Å²) in [5, 5.41) is 10.5. The number of ether oxygens (including phenoxy) is 1. The van der Waals surface area contributed by atoms with Gasteiger partial charge in [0.05, 0.1) is 12.7 Å². The van der Waals surface area contributed by atoms with Gasteiger partial charge in [-0.15, -0.1) is 0 Å². The van der Waals surface area contributed by atoms with E-state index in [9.17, 15) is 5.11 Å². The van der Waals surface area contributed by atoms with Crippen LogP contribution in [0.25, 0.3) is 0 Å². The molecule has 2 aliphatic rings. The Bertz CT molecular complexity index is 444. The minimum atomic E-state index is -2.70. The normalized spacial score (nSPS) is 35.2. The lowest BCUT2D eigenvalue weighted by Gasteiger charge is -2.51. The average Bonchev–Trinajstić information content (AvgIpc) is 2.73. The fraction of sp³-hybridized carbons (Fsp3) is 1.00. The van der Waals surface area contributed by atoms with Gasteiger partial charge in [0.25, 0.3) is 0 Å². The third-order valence-electron chi connectivity index (χ3n) is 5.70. The zero-order valence-corrected chi connectivity index (χ0v) is 19.0. The van der Waals surface area contributed by atoms with E-state index in [-0.39, 0.29) is 28.3 Å². The van der Waals surface area contributed by atoms with Gasteiger partial charge in [0.1, 0.15) is 20.1 Å². The van der Waals surface area contributed by atoms with Gasteiger partial charge in [-0.1, -0.05) is 55.4 Å². The Balaban J connectivity index is 2.53. The van der Waals surface area contributed by atoms with Crippen LogP contribution in [-0.4, -0.2) is 61.0 Å². The first-order chi connectivity index (χ1) is 11.5.